The fraction of sp³-hybridized carbons (Fsp3) is 0.562. The Morgan fingerprint density at radius 2 is 2.41 bits per heavy atom. The number of methoxy groups -OCH3 is 1. The minimum absolute atomic E-state index is 0.178. The number of amides is 1. The van der Waals surface area contributed by atoms with Crippen LogP contribution in [-0.2, 0) is 9.47 Å². The fourth-order valence-corrected chi connectivity index (χ4v) is 2.74. The van der Waals surface area contributed by atoms with Gasteiger partial charge >= 0.3 is 6.09 Å². The topological polar surface area (TPSA) is 59.6 Å². The van der Waals surface area contributed by atoms with Gasteiger partial charge in [-0.3, -0.25) is 0 Å². The Balaban J connectivity index is 1.97. The Bertz CT molecular complexity index is 478. The highest BCUT2D eigenvalue weighted by Gasteiger charge is 2.26. The summed E-state index contributed by atoms with van der Waals surface area (Å²) in [5.74, 6) is 0.0382. The van der Waals surface area contributed by atoms with Gasteiger partial charge in [-0.1, -0.05) is 12.1 Å². The summed E-state index contributed by atoms with van der Waals surface area (Å²) < 4.78 is 23.9. The number of carbonyl (C=O) groups excluding carboxylic acids is 1. The second-order valence-corrected chi connectivity index (χ2v) is 5.37. The van der Waals surface area contributed by atoms with Crippen LogP contribution in [0.3, 0.4) is 0 Å². The van der Waals surface area contributed by atoms with Crippen LogP contribution < -0.4 is 10.6 Å². The first-order chi connectivity index (χ1) is 10.7. The van der Waals surface area contributed by atoms with Crippen molar-refractivity contribution in [2.24, 2.45) is 5.92 Å². The number of hydrogen-bond acceptors (Lipinski definition) is 4. The van der Waals surface area contributed by atoms with E-state index < -0.39 is 6.09 Å². The van der Waals surface area contributed by atoms with E-state index >= 15 is 0 Å². The summed E-state index contributed by atoms with van der Waals surface area (Å²) in [5, 5.41) is 5.93. The average molecular weight is 310 g/mol. The lowest BCUT2D eigenvalue weighted by molar-refractivity contribution is 0.00458. The van der Waals surface area contributed by atoms with Crippen molar-refractivity contribution in [3.8, 4) is 0 Å². The van der Waals surface area contributed by atoms with Crippen molar-refractivity contribution in [2.45, 2.75) is 18.9 Å². The van der Waals surface area contributed by atoms with Gasteiger partial charge in [0.2, 0.25) is 0 Å². The Morgan fingerprint density at radius 3 is 3.09 bits per heavy atom. The van der Waals surface area contributed by atoms with Gasteiger partial charge in [0.15, 0.2) is 0 Å². The second kappa shape index (κ2) is 8.70. The zero-order valence-electron chi connectivity index (χ0n) is 12.8. The molecule has 1 amide bonds. The van der Waals surface area contributed by atoms with E-state index in [0.29, 0.717) is 19.1 Å². The lowest BCUT2D eigenvalue weighted by atomic mass is 9.89. The van der Waals surface area contributed by atoms with Crippen molar-refractivity contribution in [3.05, 3.63) is 35.6 Å². The molecule has 2 N–H and O–H groups in total. The van der Waals surface area contributed by atoms with Crippen molar-refractivity contribution in [3.63, 3.8) is 0 Å². The third-order valence-corrected chi connectivity index (χ3v) is 3.79. The molecule has 5 nitrogen and oxygen atoms in total. The zero-order valence-corrected chi connectivity index (χ0v) is 12.8. The van der Waals surface area contributed by atoms with Gasteiger partial charge in [0.25, 0.3) is 0 Å². The van der Waals surface area contributed by atoms with Gasteiger partial charge in [-0.05, 0) is 37.1 Å². The van der Waals surface area contributed by atoms with Gasteiger partial charge < -0.3 is 20.1 Å². The van der Waals surface area contributed by atoms with Crippen LogP contribution in [0.4, 0.5) is 9.18 Å². The molecule has 1 aromatic carbocycles. The summed E-state index contributed by atoms with van der Waals surface area (Å²) in [4.78, 5) is 11.0. The molecule has 2 rings (SSSR count). The van der Waals surface area contributed by atoms with E-state index in [1.807, 2.05) is 6.07 Å². The van der Waals surface area contributed by atoms with E-state index in [1.54, 1.807) is 6.07 Å². The molecule has 22 heavy (non-hydrogen) atoms. The largest absolute Gasteiger partial charge is 0.453 e. The molecule has 2 unspecified atom stereocenters. The maximum Gasteiger partial charge on any atom is 0.406 e. The quantitative estimate of drug-likeness (QED) is 0.791. The molecule has 1 heterocycles. The first-order valence-electron chi connectivity index (χ1n) is 7.60. The Morgan fingerprint density at radius 1 is 1.55 bits per heavy atom. The van der Waals surface area contributed by atoms with Crippen LogP contribution in [0.15, 0.2) is 24.3 Å². The molecular weight excluding hydrogens is 287 g/mol. The summed E-state index contributed by atoms with van der Waals surface area (Å²) in [6, 6.07) is 6.53. The minimum atomic E-state index is -0.481. The Kier molecular flexibility index (Phi) is 6.61. The molecule has 1 saturated heterocycles. The molecule has 6 heteroatoms. The van der Waals surface area contributed by atoms with Gasteiger partial charge in [-0.2, -0.15) is 0 Å². The number of halogens is 1. The van der Waals surface area contributed by atoms with E-state index in [4.69, 9.17) is 4.74 Å². The molecule has 0 radical (unpaired) electrons. The number of alkyl carbamates (subject to hydrolysis) is 1. The smallest absolute Gasteiger partial charge is 0.406 e. The highest BCUT2D eigenvalue weighted by Crippen LogP contribution is 2.30. The molecule has 1 aromatic rings. The lowest BCUT2D eigenvalue weighted by Gasteiger charge is -2.31. The molecule has 1 fully saturated rings. The average Bonchev–Trinajstić information content (AvgIpc) is 2.55. The number of carbonyl (C=O) groups is 1. The Hall–Kier alpha value is -1.66. The maximum atomic E-state index is 13.5. The molecule has 0 spiro atoms. The van der Waals surface area contributed by atoms with E-state index in [2.05, 4.69) is 15.4 Å². The first-order valence-corrected chi connectivity index (χ1v) is 7.60. The maximum absolute atomic E-state index is 13.5. The SMILES string of the molecule is COC(=O)NCCOC(c1cccc(F)c1)C1CCCNC1. The van der Waals surface area contributed by atoms with Crippen LogP contribution in [-0.4, -0.2) is 39.4 Å². The van der Waals surface area contributed by atoms with Crippen molar-refractivity contribution in [1.82, 2.24) is 10.6 Å². The molecule has 2 atom stereocenters. The lowest BCUT2D eigenvalue weighted by Crippen LogP contribution is -2.35. The third-order valence-electron chi connectivity index (χ3n) is 3.79. The Labute approximate surface area is 130 Å². The molecular formula is C16H23FN2O3. The van der Waals surface area contributed by atoms with Crippen LogP contribution in [0.2, 0.25) is 0 Å². The van der Waals surface area contributed by atoms with Gasteiger partial charge in [0.1, 0.15) is 5.82 Å². The molecule has 0 aliphatic carbocycles. The molecule has 1 aliphatic heterocycles. The van der Waals surface area contributed by atoms with E-state index in [9.17, 15) is 9.18 Å². The van der Waals surface area contributed by atoms with Crippen molar-refractivity contribution < 1.29 is 18.7 Å². The number of rotatable bonds is 6. The third kappa shape index (κ3) is 4.96. The van der Waals surface area contributed by atoms with Crippen LogP contribution in [0.5, 0.6) is 0 Å². The monoisotopic (exact) mass is 310 g/mol. The summed E-state index contributed by atoms with van der Waals surface area (Å²) in [7, 11) is 1.32. The summed E-state index contributed by atoms with van der Waals surface area (Å²) >= 11 is 0. The predicted octanol–water partition coefficient (Wildman–Crippen LogP) is 2.24. The predicted molar refractivity (Wildman–Crippen MR) is 81.1 cm³/mol. The van der Waals surface area contributed by atoms with Crippen LogP contribution in [0, 0.1) is 11.7 Å². The number of benzene rings is 1. The van der Waals surface area contributed by atoms with Crippen LogP contribution in [0.25, 0.3) is 0 Å². The van der Waals surface area contributed by atoms with Crippen molar-refractivity contribution in [1.29, 1.82) is 0 Å². The number of ether oxygens (including phenoxy) is 2. The van der Waals surface area contributed by atoms with Gasteiger partial charge in [-0.15, -0.1) is 0 Å². The van der Waals surface area contributed by atoms with E-state index in [1.165, 1.54) is 19.2 Å². The van der Waals surface area contributed by atoms with E-state index in [-0.39, 0.29) is 11.9 Å². The van der Waals surface area contributed by atoms with Crippen LogP contribution in [0.1, 0.15) is 24.5 Å². The summed E-state index contributed by atoms with van der Waals surface area (Å²) in [6.45, 7) is 2.58. The van der Waals surface area contributed by atoms with Gasteiger partial charge in [0.05, 0.1) is 19.8 Å². The normalized spacial score (nSPS) is 19.5. The van der Waals surface area contributed by atoms with Crippen molar-refractivity contribution >= 4 is 6.09 Å². The summed E-state index contributed by atoms with van der Waals surface area (Å²) in [5.41, 5.74) is 0.840. The number of nitrogens with one attached hydrogen (secondary N) is 2. The fourth-order valence-electron chi connectivity index (χ4n) is 2.74. The summed E-state index contributed by atoms with van der Waals surface area (Å²) in [6.07, 6.45) is 1.46. The first kappa shape index (κ1) is 16.7. The minimum Gasteiger partial charge on any atom is -0.453 e. The van der Waals surface area contributed by atoms with Gasteiger partial charge in [-0.25, -0.2) is 9.18 Å². The van der Waals surface area contributed by atoms with Crippen LogP contribution >= 0.6 is 0 Å². The molecule has 1 aliphatic rings. The molecule has 0 saturated carbocycles. The number of piperidine rings is 1. The van der Waals surface area contributed by atoms with Gasteiger partial charge in [0, 0.05) is 19.0 Å². The molecule has 0 bridgehead atoms. The molecule has 0 aromatic heterocycles. The second-order valence-electron chi connectivity index (χ2n) is 5.37. The molecule has 122 valence electrons. The highest BCUT2D eigenvalue weighted by molar-refractivity contribution is 5.66. The standard InChI is InChI=1S/C16H23FN2O3/c1-21-16(20)19-8-9-22-15(13-5-3-7-18-11-13)12-4-2-6-14(17)10-12/h2,4,6,10,13,15,18H,3,5,7-9,11H2,1H3,(H,19,20). The van der Waals surface area contributed by atoms with Crippen molar-refractivity contribution in [2.75, 3.05) is 33.4 Å². The number of hydrogen-bond donors (Lipinski definition) is 2. The highest BCUT2D eigenvalue weighted by atomic mass is 19.1. The van der Waals surface area contributed by atoms with E-state index in [0.717, 1.165) is 31.5 Å². The zero-order chi connectivity index (χ0) is 15.8.